The van der Waals surface area contributed by atoms with Gasteiger partial charge in [0.05, 0.1) is 5.88 Å². The van der Waals surface area contributed by atoms with Crippen molar-refractivity contribution < 1.29 is 9.59 Å². The monoisotopic (exact) mass is 389 g/mol. The fourth-order valence-electron chi connectivity index (χ4n) is 3.62. The Balaban J connectivity index is 1.68. The lowest BCUT2D eigenvalue weighted by atomic mass is 9.86. The maximum absolute atomic E-state index is 13.0. The molecule has 0 saturated carbocycles. The molecule has 1 aromatic rings. The number of hydrogen-bond donors (Lipinski definition) is 0. The predicted molar refractivity (Wildman–Crippen MR) is 111 cm³/mol. The van der Waals surface area contributed by atoms with Crippen molar-refractivity contribution in [1.82, 2.24) is 14.7 Å². The van der Waals surface area contributed by atoms with Crippen molar-refractivity contribution >= 4 is 23.6 Å². The fourth-order valence-corrected chi connectivity index (χ4v) is 4.77. The topological polar surface area (TPSA) is 43.9 Å². The zero-order chi connectivity index (χ0) is 19.6. The summed E-state index contributed by atoms with van der Waals surface area (Å²) in [6.07, 6.45) is 0. The maximum atomic E-state index is 13.0. The molecule has 0 N–H and O–H groups in total. The normalized spacial score (nSPS) is 21.6. The van der Waals surface area contributed by atoms with Gasteiger partial charge < -0.3 is 14.7 Å². The Kier molecular flexibility index (Phi) is 6.16. The molecule has 2 aliphatic rings. The van der Waals surface area contributed by atoms with Crippen LogP contribution in [0.1, 0.15) is 43.6 Å². The van der Waals surface area contributed by atoms with Crippen LogP contribution in [0, 0.1) is 0 Å². The van der Waals surface area contributed by atoms with Gasteiger partial charge in [-0.3, -0.25) is 9.59 Å². The molecule has 2 fully saturated rings. The quantitative estimate of drug-likeness (QED) is 0.797. The third-order valence-corrected chi connectivity index (χ3v) is 6.57. The number of rotatable bonds is 3. The molecular weight excluding hydrogens is 358 g/mol. The fraction of sp³-hybridized carbons (Fsp3) is 0.619. The van der Waals surface area contributed by atoms with Crippen molar-refractivity contribution in [3.63, 3.8) is 0 Å². The lowest BCUT2D eigenvalue weighted by molar-refractivity contribution is -0.136. The lowest BCUT2D eigenvalue weighted by Crippen LogP contribution is -2.55. The van der Waals surface area contributed by atoms with Crippen molar-refractivity contribution in [3.05, 3.63) is 35.4 Å². The van der Waals surface area contributed by atoms with E-state index in [9.17, 15) is 9.59 Å². The Bertz CT molecular complexity index is 676. The molecule has 1 unspecified atom stereocenters. The Morgan fingerprint density at radius 2 is 1.70 bits per heavy atom. The molecule has 1 aromatic carbocycles. The highest BCUT2D eigenvalue weighted by molar-refractivity contribution is 7.99. The van der Waals surface area contributed by atoms with Gasteiger partial charge in [0.15, 0.2) is 0 Å². The molecule has 2 amide bonds. The zero-order valence-corrected chi connectivity index (χ0v) is 17.7. The number of hydrogen-bond acceptors (Lipinski definition) is 4. The second kappa shape index (κ2) is 8.23. The molecule has 0 radical (unpaired) electrons. The van der Waals surface area contributed by atoms with Crippen molar-refractivity contribution in [2.24, 2.45) is 0 Å². The van der Waals surface area contributed by atoms with Gasteiger partial charge in [-0.15, -0.1) is 11.8 Å². The summed E-state index contributed by atoms with van der Waals surface area (Å²) in [5.41, 5.74) is 1.93. The Morgan fingerprint density at radius 3 is 2.26 bits per heavy atom. The first-order valence-electron chi connectivity index (χ1n) is 9.81. The largest absolute Gasteiger partial charge is 0.338 e. The van der Waals surface area contributed by atoms with E-state index >= 15 is 0 Å². The molecule has 5 nitrogen and oxygen atoms in total. The Labute approximate surface area is 167 Å². The number of nitrogens with zero attached hydrogens (tertiary/aromatic N) is 3. The smallest absolute Gasteiger partial charge is 0.255 e. The Morgan fingerprint density at radius 1 is 1.07 bits per heavy atom. The lowest BCUT2D eigenvalue weighted by Gasteiger charge is -2.36. The van der Waals surface area contributed by atoms with Crippen molar-refractivity contribution in [2.75, 3.05) is 44.4 Å². The molecule has 0 aliphatic carbocycles. The van der Waals surface area contributed by atoms with E-state index in [0.717, 1.165) is 32.7 Å². The van der Waals surface area contributed by atoms with Crippen LogP contribution < -0.4 is 0 Å². The minimum absolute atomic E-state index is 0.0361. The summed E-state index contributed by atoms with van der Waals surface area (Å²) in [6, 6.07) is 7.51. The third kappa shape index (κ3) is 4.49. The summed E-state index contributed by atoms with van der Waals surface area (Å²) in [7, 11) is 0. The van der Waals surface area contributed by atoms with Gasteiger partial charge in [0.1, 0.15) is 6.04 Å². The molecule has 2 aliphatic heterocycles. The van der Waals surface area contributed by atoms with Crippen molar-refractivity contribution in [3.8, 4) is 0 Å². The number of carbonyl (C=O) groups is 2. The molecule has 148 valence electrons. The summed E-state index contributed by atoms with van der Waals surface area (Å²) >= 11 is 1.67. The standard InChI is InChI=1S/C21H31N3O2S/c1-5-22-10-12-23(13-11-22)20(26)18-14-27-15-24(18)19(25)16-6-8-17(9-7-16)21(2,3)4/h6-9,18H,5,10-15H2,1-4H3. The molecule has 3 rings (SSSR count). The van der Waals surface area contributed by atoms with Crippen molar-refractivity contribution in [1.29, 1.82) is 0 Å². The molecule has 0 aromatic heterocycles. The van der Waals surface area contributed by atoms with Crippen LogP contribution in [-0.4, -0.2) is 76.9 Å². The van der Waals surface area contributed by atoms with E-state index in [2.05, 4.69) is 32.6 Å². The second-order valence-corrected chi connectivity index (χ2v) is 9.38. The molecule has 2 saturated heterocycles. The van der Waals surface area contributed by atoms with Crippen LogP contribution in [0.25, 0.3) is 0 Å². The van der Waals surface area contributed by atoms with Crippen molar-refractivity contribution in [2.45, 2.75) is 39.2 Å². The first kappa shape index (κ1) is 20.2. The molecule has 27 heavy (non-hydrogen) atoms. The predicted octanol–water partition coefficient (Wildman–Crippen LogP) is 2.66. The van der Waals surface area contributed by atoms with Gasteiger partial charge in [-0.05, 0) is 29.7 Å². The average molecular weight is 390 g/mol. The van der Waals surface area contributed by atoms with Crippen LogP contribution in [0.2, 0.25) is 0 Å². The van der Waals surface area contributed by atoms with Gasteiger partial charge in [0.25, 0.3) is 5.91 Å². The molecule has 2 heterocycles. The first-order chi connectivity index (χ1) is 12.8. The highest BCUT2D eigenvalue weighted by atomic mass is 32.2. The summed E-state index contributed by atoms with van der Waals surface area (Å²) in [4.78, 5) is 32.1. The van der Waals surface area contributed by atoms with Crippen LogP contribution in [0.5, 0.6) is 0 Å². The molecule has 1 atom stereocenters. The number of likely N-dealkylation sites (N-methyl/N-ethyl adjacent to an activating group) is 1. The number of amides is 2. The van der Waals surface area contributed by atoms with E-state index in [1.54, 1.807) is 16.7 Å². The van der Waals surface area contributed by atoms with Crippen LogP contribution in [0.15, 0.2) is 24.3 Å². The van der Waals surface area contributed by atoms with E-state index in [0.29, 0.717) is 17.2 Å². The number of piperazine rings is 1. The SMILES string of the molecule is CCN1CCN(C(=O)C2CSCN2C(=O)c2ccc(C(C)(C)C)cc2)CC1. The van der Waals surface area contributed by atoms with Gasteiger partial charge in [0, 0.05) is 37.5 Å². The molecule has 0 bridgehead atoms. The van der Waals surface area contributed by atoms with E-state index in [1.165, 1.54) is 5.56 Å². The summed E-state index contributed by atoms with van der Waals surface area (Å²) in [5, 5.41) is 0. The van der Waals surface area contributed by atoms with Gasteiger partial charge in [0.2, 0.25) is 5.91 Å². The van der Waals surface area contributed by atoms with Gasteiger partial charge in [-0.1, -0.05) is 39.8 Å². The average Bonchev–Trinajstić information content (AvgIpc) is 3.16. The second-order valence-electron chi connectivity index (χ2n) is 8.38. The highest BCUT2D eigenvalue weighted by Crippen LogP contribution is 2.27. The minimum Gasteiger partial charge on any atom is -0.338 e. The number of thioether (sulfide) groups is 1. The van der Waals surface area contributed by atoms with Crippen LogP contribution in [0.3, 0.4) is 0 Å². The van der Waals surface area contributed by atoms with E-state index < -0.39 is 0 Å². The van der Waals surface area contributed by atoms with E-state index in [-0.39, 0.29) is 23.3 Å². The van der Waals surface area contributed by atoms with Crippen LogP contribution >= 0.6 is 11.8 Å². The van der Waals surface area contributed by atoms with E-state index in [1.807, 2.05) is 29.2 Å². The number of carbonyl (C=O) groups excluding carboxylic acids is 2. The zero-order valence-electron chi connectivity index (χ0n) is 16.9. The first-order valence-corrected chi connectivity index (χ1v) is 11.0. The van der Waals surface area contributed by atoms with Gasteiger partial charge in [-0.2, -0.15) is 0 Å². The number of benzene rings is 1. The summed E-state index contributed by atoms with van der Waals surface area (Å²) in [5.74, 6) is 1.35. The van der Waals surface area contributed by atoms with Crippen LogP contribution in [0.4, 0.5) is 0 Å². The minimum atomic E-state index is -0.335. The highest BCUT2D eigenvalue weighted by Gasteiger charge is 2.38. The molecule has 0 spiro atoms. The van der Waals surface area contributed by atoms with E-state index in [4.69, 9.17) is 0 Å². The van der Waals surface area contributed by atoms with Gasteiger partial charge >= 0.3 is 0 Å². The van der Waals surface area contributed by atoms with Gasteiger partial charge in [-0.25, -0.2) is 0 Å². The Hall–Kier alpha value is -1.53. The van der Waals surface area contributed by atoms with Crippen LogP contribution in [-0.2, 0) is 10.2 Å². The summed E-state index contributed by atoms with van der Waals surface area (Å²) < 4.78 is 0. The summed E-state index contributed by atoms with van der Waals surface area (Å²) in [6.45, 7) is 13.0. The molecule has 6 heteroatoms. The maximum Gasteiger partial charge on any atom is 0.255 e. The third-order valence-electron chi connectivity index (χ3n) is 5.56. The molecular formula is C21H31N3O2S.